The average molecular weight is 305 g/mol. The molecule has 1 saturated heterocycles. The highest BCUT2D eigenvalue weighted by atomic mass is 16.5. The summed E-state index contributed by atoms with van der Waals surface area (Å²) in [6.07, 6.45) is 2.87. The zero-order valence-corrected chi connectivity index (χ0v) is 12.6. The van der Waals surface area contributed by atoms with Crippen molar-refractivity contribution in [1.29, 1.82) is 0 Å². The van der Waals surface area contributed by atoms with Gasteiger partial charge in [0, 0.05) is 12.1 Å². The van der Waals surface area contributed by atoms with E-state index in [1.54, 1.807) is 24.3 Å². The van der Waals surface area contributed by atoms with Gasteiger partial charge in [-0.1, -0.05) is 0 Å². The Bertz CT molecular complexity index is 496. The third kappa shape index (κ3) is 5.73. The number of hydrogen-bond acceptors (Lipinski definition) is 4. The Kier molecular flexibility index (Phi) is 6.21. The van der Waals surface area contributed by atoms with Crippen LogP contribution in [0.25, 0.3) is 0 Å². The summed E-state index contributed by atoms with van der Waals surface area (Å²) in [6, 6.07) is 7.11. The summed E-state index contributed by atoms with van der Waals surface area (Å²) in [4.78, 5) is 22.6. The predicted molar refractivity (Wildman–Crippen MR) is 84.6 cm³/mol. The molecular weight excluding hydrogens is 282 g/mol. The number of carbonyl (C=O) groups is 2. The number of amides is 2. The fraction of sp³-hybridized carbons (Fsp3) is 0.500. The monoisotopic (exact) mass is 305 g/mol. The Balaban J connectivity index is 1.75. The number of primary amides is 1. The molecule has 2 rings (SSSR count). The lowest BCUT2D eigenvalue weighted by molar-refractivity contribution is -0.118. The van der Waals surface area contributed by atoms with Crippen molar-refractivity contribution in [2.24, 2.45) is 11.7 Å². The minimum atomic E-state index is -0.387. The van der Waals surface area contributed by atoms with Crippen molar-refractivity contribution in [2.45, 2.75) is 25.7 Å². The molecule has 0 aromatic heterocycles. The molecule has 2 amide bonds. The SMILES string of the molecule is NC(=O)CCOc1ccc(NC(=O)CC2CCNCC2)cc1. The van der Waals surface area contributed by atoms with Crippen LogP contribution in [0.2, 0.25) is 0 Å². The second kappa shape index (κ2) is 8.38. The zero-order valence-electron chi connectivity index (χ0n) is 12.6. The van der Waals surface area contributed by atoms with Crippen molar-refractivity contribution < 1.29 is 14.3 Å². The number of anilines is 1. The smallest absolute Gasteiger partial charge is 0.224 e. The average Bonchev–Trinajstić information content (AvgIpc) is 2.49. The molecule has 0 atom stereocenters. The highest BCUT2D eigenvalue weighted by Gasteiger charge is 2.16. The minimum absolute atomic E-state index is 0.0503. The first kappa shape index (κ1) is 16.3. The van der Waals surface area contributed by atoms with E-state index < -0.39 is 0 Å². The second-order valence-corrected chi connectivity index (χ2v) is 5.53. The topological polar surface area (TPSA) is 93.5 Å². The molecule has 0 unspecified atom stereocenters. The molecule has 22 heavy (non-hydrogen) atoms. The summed E-state index contributed by atoms with van der Waals surface area (Å²) in [5.41, 5.74) is 5.79. The highest BCUT2D eigenvalue weighted by molar-refractivity contribution is 5.90. The van der Waals surface area contributed by atoms with Crippen LogP contribution in [0.5, 0.6) is 5.75 Å². The largest absolute Gasteiger partial charge is 0.493 e. The Morgan fingerprint density at radius 1 is 1.23 bits per heavy atom. The summed E-state index contributed by atoms with van der Waals surface area (Å²) in [5, 5.41) is 6.19. The molecule has 0 aliphatic carbocycles. The van der Waals surface area contributed by atoms with Gasteiger partial charge in [0.1, 0.15) is 5.75 Å². The van der Waals surface area contributed by atoms with E-state index in [2.05, 4.69) is 10.6 Å². The van der Waals surface area contributed by atoms with E-state index in [1.165, 1.54) is 0 Å². The first-order chi connectivity index (χ1) is 10.6. The zero-order chi connectivity index (χ0) is 15.8. The van der Waals surface area contributed by atoms with E-state index in [-0.39, 0.29) is 24.8 Å². The first-order valence-electron chi connectivity index (χ1n) is 7.65. The van der Waals surface area contributed by atoms with Crippen molar-refractivity contribution in [3.63, 3.8) is 0 Å². The molecule has 1 aromatic carbocycles. The van der Waals surface area contributed by atoms with Crippen LogP contribution in [-0.2, 0) is 9.59 Å². The van der Waals surface area contributed by atoms with Crippen LogP contribution >= 0.6 is 0 Å². The van der Waals surface area contributed by atoms with Gasteiger partial charge in [-0.2, -0.15) is 0 Å². The van der Waals surface area contributed by atoms with E-state index in [0.717, 1.165) is 31.6 Å². The van der Waals surface area contributed by atoms with E-state index in [4.69, 9.17) is 10.5 Å². The molecule has 0 spiro atoms. The number of nitrogens with two attached hydrogens (primary N) is 1. The van der Waals surface area contributed by atoms with Gasteiger partial charge in [0.15, 0.2) is 0 Å². The van der Waals surface area contributed by atoms with Gasteiger partial charge in [0.05, 0.1) is 13.0 Å². The van der Waals surface area contributed by atoms with Gasteiger partial charge in [0.2, 0.25) is 11.8 Å². The number of nitrogens with one attached hydrogen (secondary N) is 2. The molecule has 4 N–H and O–H groups in total. The first-order valence-corrected chi connectivity index (χ1v) is 7.65. The Labute approximate surface area is 130 Å². The molecule has 1 heterocycles. The van der Waals surface area contributed by atoms with E-state index in [0.29, 0.717) is 18.1 Å². The Morgan fingerprint density at radius 2 is 1.91 bits per heavy atom. The van der Waals surface area contributed by atoms with Crippen LogP contribution in [-0.4, -0.2) is 31.5 Å². The summed E-state index contributed by atoms with van der Waals surface area (Å²) in [5.74, 6) is 0.784. The van der Waals surface area contributed by atoms with E-state index in [9.17, 15) is 9.59 Å². The molecule has 6 nitrogen and oxygen atoms in total. The second-order valence-electron chi connectivity index (χ2n) is 5.53. The quantitative estimate of drug-likeness (QED) is 0.707. The predicted octanol–water partition coefficient (Wildman–Crippen LogP) is 1.27. The maximum Gasteiger partial charge on any atom is 0.224 e. The number of piperidine rings is 1. The van der Waals surface area contributed by atoms with Crippen molar-refractivity contribution in [3.05, 3.63) is 24.3 Å². The van der Waals surface area contributed by atoms with Gasteiger partial charge >= 0.3 is 0 Å². The summed E-state index contributed by atoms with van der Waals surface area (Å²) >= 11 is 0. The van der Waals surface area contributed by atoms with Crippen LogP contribution in [0.15, 0.2) is 24.3 Å². The molecular formula is C16H23N3O3. The maximum atomic E-state index is 12.0. The lowest BCUT2D eigenvalue weighted by Crippen LogP contribution is -2.30. The molecule has 0 radical (unpaired) electrons. The third-order valence-corrected chi connectivity index (χ3v) is 3.69. The van der Waals surface area contributed by atoms with Crippen molar-refractivity contribution in [3.8, 4) is 5.75 Å². The van der Waals surface area contributed by atoms with E-state index >= 15 is 0 Å². The lowest BCUT2D eigenvalue weighted by atomic mass is 9.94. The van der Waals surface area contributed by atoms with Crippen molar-refractivity contribution in [2.75, 3.05) is 25.0 Å². The fourth-order valence-corrected chi connectivity index (χ4v) is 2.46. The van der Waals surface area contributed by atoms with Crippen LogP contribution in [0.1, 0.15) is 25.7 Å². The van der Waals surface area contributed by atoms with Crippen LogP contribution in [0, 0.1) is 5.92 Å². The van der Waals surface area contributed by atoms with Gasteiger partial charge in [-0.25, -0.2) is 0 Å². The number of carbonyl (C=O) groups excluding carboxylic acids is 2. The van der Waals surface area contributed by atoms with Crippen LogP contribution in [0.4, 0.5) is 5.69 Å². The van der Waals surface area contributed by atoms with E-state index in [1.807, 2.05) is 0 Å². The van der Waals surface area contributed by atoms with Crippen LogP contribution in [0.3, 0.4) is 0 Å². The molecule has 6 heteroatoms. The van der Waals surface area contributed by atoms with Gasteiger partial charge in [-0.3, -0.25) is 9.59 Å². The number of rotatable bonds is 7. The lowest BCUT2D eigenvalue weighted by Gasteiger charge is -2.21. The van der Waals surface area contributed by atoms with Gasteiger partial charge < -0.3 is 21.1 Å². The van der Waals surface area contributed by atoms with Gasteiger partial charge in [-0.15, -0.1) is 0 Å². The molecule has 1 aliphatic rings. The summed E-state index contributed by atoms with van der Waals surface area (Å²) in [7, 11) is 0. The number of ether oxygens (including phenoxy) is 1. The summed E-state index contributed by atoms with van der Waals surface area (Å²) < 4.78 is 5.38. The van der Waals surface area contributed by atoms with Gasteiger partial charge in [-0.05, 0) is 56.1 Å². The molecule has 1 fully saturated rings. The maximum absolute atomic E-state index is 12.0. The third-order valence-electron chi connectivity index (χ3n) is 3.69. The van der Waals surface area contributed by atoms with Crippen LogP contribution < -0.4 is 21.1 Å². The van der Waals surface area contributed by atoms with Crippen molar-refractivity contribution in [1.82, 2.24) is 5.32 Å². The molecule has 0 bridgehead atoms. The molecule has 1 aromatic rings. The summed E-state index contributed by atoms with van der Waals surface area (Å²) in [6.45, 7) is 2.25. The number of benzene rings is 1. The Hall–Kier alpha value is -2.08. The molecule has 120 valence electrons. The van der Waals surface area contributed by atoms with Crippen molar-refractivity contribution >= 4 is 17.5 Å². The number of hydrogen-bond donors (Lipinski definition) is 3. The highest BCUT2D eigenvalue weighted by Crippen LogP contribution is 2.19. The standard InChI is InChI=1S/C16H23N3O3/c17-15(20)7-10-22-14-3-1-13(2-4-14)19-16(21)11-12-5-8-18-9-6-12/h1-4,12,18H,5-11H2,(H2,17,20)(H,19,21). The molecule has 1 aliphatic heterocycles. The normalized spacial score (nSPS) is 15.3. The Morgan fingerprint density at radius 3 is 2.55 bits per heavy atom. The molecule has 0 saturated carbocycles. The van der Waals surface area contributed by atoms with Gasteiger partial charge in [0.25, 0.3) is 0 Å². The fourth-order valence-electron chi connectivity index (χ4n) is 2.46. The minimum Gasteiger partial charge on any atom is -0.493 e.